The van der Waals surface area contributed by atoms with Crippen LogP contribution in [0.5, 0.6) is 0 Å². The molecule has 0 atom stereocenters. The summed E-state index contributed by atoms with van der Waals surface area (Å²) in [6.45, 7) is 4.19. The topological polar surface area (TPSA) is 55.1 Å². The minimum Gasteiger partial charge on any atom is -0.356 e. The molecule has 2 aromatic carbocycles. The first kappa shape index (κ1) is 17.8. The molecule has 1 N–H and O–H groups in total. The number of aromatic nitrogens is 1. The maximum atomic E-state index is 13.8. The van der Waals surface area contributed by atoms with Crippen LogP contribution in [0.25, 0.3) is 11.3 Å². The molecule has 0 saturated heterocycles. The molecule has 0 fully saturated rings. The van der Waals surface area contributed by atoms with Gasteiger partial charge in [-0.25, -0.2) is 8.78 Å². The third-order valence-electron chi connectivity index (χ3n) is 3.96. The number of amides is 1. The highest BCUT2D eigenvalue weighted by Crippen LogP contribution is 2.24. The molecule has 0 aliphatic heterocycles. The monoisotopic (exact) mass is 356 g/mol. The first-order chi connectivity index (χ1) is 12.4. The number of benzene rings is 2. The molecule has 1 aromatic heterocycles. The summed E-state index contributed by atoms with van der Waals surface area (Å²) in [5.41, 5.74) is 2.33. The Labute approximate surface area is 149 Å². The number of halogens is 2. The smallest absolute Gasteiger partial charge is 0.230 e. The number of anilines is 1. The second kappa shape index (κ2) is 7.47. The highest BCUT2D eigenvalue weighted by atomic mass is 19.1. The molecule has 0 aliphatic rings. The van der Waals surface area contributed by atoms with Gasteiger partial charge in [0.25, 0.3) is 0 Å². The van der Waals surface area contributed by atoms with Crippen molar-refractivity contribution < 1.29 is 18.1 Å². The second-order valence-electron chi connectivity index (χ2n) is 6.31. The molecule has 0 unspecified atom stereocenters. The Morgan fingerprint density at radius 1 is 1.12 bits per heavy atom. The lowest BCUT2D eigenvalue weighted by atomic mass is 10.0. The van der Waals surface area contributed by atoms with E-state index in [2.05, 4.69) is 24.3 Å². The maximum Gasteiger partial charge on any atom is 0.230 e. The Hall–Kier alpha value is -3.02. The van der Waals surface area contributed by atoms with Crippen LogP contribution in [0.3, 0.4) is 0 Å². The Bertz CT molecular complexity index is 918. The highest BCUT2D eigenvalue weighted by molar-refractivity contribution is 5.92. The fourth-order valence-electron chi connectivity index (χ4n) is 2.53. The fraction of sp³-hybridized carbons (Fsp3) is 0.200. The van der Waals surface area contributed by atoms with Crippen LogP contribution in [0.4, 0.5) is 14.5 Å². The Kier molecular flexibility index (Phi) is 5.11. The van der Waals surface area contributed by atoms with Gasteiger partial charge in [0.15, 0.2) is 5.76 Å². The Morgan fingerprint density at radius 2 is 1.85 bits per heavy atom. The molecule has 3 aromatic rings. The van der Waals surface area contributed by atoms with Crippen LogP contribution in [-0.2, 0) is 11.2 Å². The van der Waals surface area contributed by atoms with Crippen LogP contribution >= 0.6 is 0 Å². The van der Waals surface area contributed by atoms with Gasteiger partial charge in [0.1, 0.15) is 11.6 Å². The number of hydrogen-bond acceptors (Lipinski definition) is 3. The van der Waals surface area contributed by atoms with Crippen molar-refractivity contribution in [2.24, 2.45) is 0 Å². The average molecular weight is 356 g/mol. The second-order valence-corrected chi connectivity index (χ2v) is 6.31. The van der Waals surface area contributed by atoms with E-state index in [1.165, 1.54) is 17.7 Å². The Balaban J connectivity index is 1.66. The molecule has 26 heavy (non-hydrogen) atoms. The third kappa shape index (κ3) is 4.14. The van der Waals surface area contributed by atoms with Crippen molar-refractivity contribution in [3.63, 3.8) is 0 Å². The zero-order valence-electron chi connectivity index (χ0n) is 14.4. The van der Waals surface area contributed by atoms with E-state index in [4.69, 9.17) is 4.52 Å². The van der Waals surface area contributed by atoms with E-state index in [-0.39, 0.29) is 23.7 Å². The van der Waals surface area contributed by atoms with Gasteiger partial charge in [-0.3, -0.25) is 4.79 Å². The molecule has 0 aliphatic carbocycles. The molecule has 4 nitrogen and oxygen atoms in total. The summed E-state index contributed by atoms with van der Waals surface area (Å²) in [5, 5.41) is 6.56. The van der Waals surface area contributed by atoms with E-state index in [9.17, 15) is 13.6 Å². The Morgan fingerprint density at radius 3 is 2.50 bits per heavy atom. The highest BCUT2D eigenvalue weighted by Gasteiger charge is 2.14. The number of rotatable bonds is 5. The van der Waals surface area contributed by atoms with Crippen molar-refractivity contribution in [3.05, 3.63) is 71.4 Å². The molecule has 3 rings (SSSR count). The standard InChI is InChI=1S/C20H18F2N2O2/c1-12(2)13-3-6-15(7-4-13)23-20(25)11-16-10-19(26-24-16)17-8-5-14(21)9-18(17)22/h3-10,12H,11H2,1-2H3,(H,23,25). The minimum atomic E-state index is -0.748. The summed E-state index contributed by atoms with van der Waals surface area (Å²) < 4.78 is 31.8. The molecular formula is C20H18F2N2O2. The molecule has 134 valence electrons. The van der Waals surface area contributed by atoms with Crippen LogP contribution in [0.1, 0.15) is 31.0 Å². The van der Waals surface area contributed by atoms with E-state index in [0.717, 1.165) is 12.1 Å². The van der Waals surface area contributed by atoms with Gasteiger partial charge in [0.05, 0.1) is 17.7 Å². The normalized spacial score (nSPS) is 11.0. The molecule has 0 spiro atoms. The van der Waals surface area contributed by atoms with Crippen LogP contribution in [0.15, 0.2) is 53.1 Å². The fourth-order valence-corrected chi connectivity index (χ4v) is 2.53. The van der Waals surface area contributed by atoms with Gasteiger partial charge in [0, 0.05) is 17.8 Å². The lowest BCUT2D eigenvalue weighted by molar-refractivity contribution is -0.115. The molecule has 0 saturated carbocycles. The van der Waals surface area contributed by atoms with Crippen molar-refractivity contribution in [1.29, 1.82) is 0 Å². The summed E-state index contributed by atoms with van der Waals surface area (Å²) in [7, 11) is 0. The van der Waals surface area contributed by atoms with Crippen molar-refractivity contribution in [3.8, 4) is 11.3 Å². The van der Waals surface area contributed by atoms with Crippen LogP contribution < -0.4 is 5.32 Å². The van der Waals surface area contributed by atoms with E-state index in [0.29, 0.717) is 17.3 Å². The lowest BCUT2D eigenvalue weighted by Gasteiger charge is -2.07. The van der Waals surface area contributed by atoms with Crippen LogP contribution in [0, 0.1) is 11.6 Å². The van der Waals surface area contributed by atoms with Gasteiger partial charge in [-0.05, 0) is 35.7 Å². The van der Waals surface area contributed by atoms with Crippen molar-refractivity contribution in [2.75, 3.05) is 5.32 Å². The largest absolute Gasteiger partial charge is 0.356 e. The number of carbonyl (C=O) groups is 1. The van der Waals surface area contributed by atoms with Gasteiger partial charge in [-0.15, -0.1) is 0 Å². The minimum absolute atomic E-state index is 0.0156. The van der Waals surface area contributed by atoms with Crippen molar-refractivity contribution >= 4 is 11.6 Å². The van der Waals surface area contributed by atoms with E-state index >= 15 is 0 Å². The van der Waals surface area contributed by atoms with Crippen molar-refractivity contribution in [1.82, 2.24) is 5.16 Å². The number of carbonyl (C=O) groups excluding carboxylic acids is 1. The maximum absolute atomic E-state index is 13.8. The predicted molar refractivity (Wildman–Crippen MR) is 94.7 cm³/mol. The molecule has 1 heterocycles. The quantitative estimate of drug-likeness (QED) is 0.706. The SMILES string of the molecule is CC(C)c1ccc(NC(=O)Cc2cc(-c3ccc(F)cc3F)on2)cc1. The molecule has 0 bridgehead atoms. The van der Waals surface area contributed by atoms with E-state index in [1.807, 2.05) is 24.3 Å². The lowest BCUT2D eigenvalue weighted by Crippen LogP contribution is -2.14. The first-order valence-corrected chi connectivity index (χ1v) is 8.23. The van der Waals surface area contributed by atoms with Gasteiger partial charge in [-0.2, -0.15) is 0 Å². The number of nitrogens with one attached hydrogen (secondary N) is 1. The van der Waals surface area contributed by atoms with E-state index < -0.39 is 11.6 Å². The zero-order chi connectivity index (χ0) is 18.7. The average Bonchev–Trinajstić information content (AvgIpc) is 3.03. The summed E-state index contributed by atoms with van der Waals surface area (Å²) >= 11 is 0. The van der Waals surface area contributed by atoms with Gasteiger partial charge in [-0.1, -0.05) is 31.1 Å². The predicted octanol–water partition coefficient (Wildman–Crippen LogP) is 4.92. The molecule has 6 heteroatoms. The third-order valence-corrected chi connectivity index (χ3v) is 3.96. The summed E-state index contributed by atoms with van der Waals surface area (Å²) in [6, 6.07) is 12.3. The van der Waals surface area contributed by atoms with Crippen LogP contribution in [-0.4, -0.2) is 11.1 Å². The number of hydrogen-bond donors (Lipinski definition) is 1. The summed E-state index contributed by atoms with van der Waals surface area (Å²) in [5.74, 6) is -1.12. The first-order valence-electron chi connectivity index (χ1n) is 8.23. The zero-order valence-corrected chi connectivity index (χ0v) is 14.4. The number of nitrogens with zero attached hydrogens (tertiary/aromatic N) is 1. The molecule has 1 amide bonds. The van der Waals surface area contributed by atoms with Gasteiger partial charge in [0.2, 0.25) is 5.91 Å². The summed E-state index contributed by atoms with van der Waals surface area (Å²) in [4.78, 5) is 12.1. The van der Waals surface area contributed by atoms with Crippen molar-refractivity contribution in [2.45, 2.75) is 26.2 Å². The molecule has 0 radical (unpaired) electrons. The van der Waals surface area contributed by atoms with Gasteiger partial charge >= 0.3 is 0 Å². The van der Waals surface area contributed by atoms with Gasteiger partial charge < -0.3 is 9.84 Å². The molecular weight excluding hydrogens is 338 g/mol. The summed E-state index contributed by atoms with van der Waals surface area (Å²) in [6.07, 6.45) is -0.0156. The van der Waals surface area contributed by atoms with Crippen LogP contribution in [0.2, 0.25) is 0 Å². The van der Waals surface area contributed by atoms with E-state index in [1.54, 1.807) is 0 Å².